The Bertz CT molecular complexity index is 224. The van der Waals surface area contributed by atoms with Crippen LogP contribution in [0.15, 0.2) is 0 Å². The van der Waals surface area contributed by atoms with Crippen LogP contribution in [0.25, 0.3) is 0 Å². The average Bonchev–Trinajstić information content (AvgIpc) is 2.19. The molecule has 0 radical (unpaired) electrons. The second-order valence-electron chi connectivity index (χ2n) is 3.69. The molecule has 78 valence electrons. The van der Waals surface area contributed by atoms with Gasteiger partial charge in [0.05, 0.1) is 0 Å². The Morgan fingerprint density at radius 1 is 1.57 bits per heavy atom. The maximum absolute atomic E-state index is 11.0. The summed E-state index contributed by atoms with van der Waals surface area (Å²) < 4.78 is 0. The molecule has 0 atom stereocenters. The first-order valence-electron chi connectivity index (χ1n) is 5.16. The van der Waals surface area contributed by atoms with Crippen molar-refractivity contribution in [3.05, 3.63) is 0 Å². The van der Waals surface area contributed by atoms with Crippen LogP contribution in [-0.2, 0) is 4.79 Å². The van der Waals surface area contributed by atoms with E-state index in [1.54, 1.807) is 6.92 Å². The molecule has 1 rings (SSSR count). The summed E-state index contributed by atoms with van der Waals surface area (Å²) in [5.74, 6) is 2.79. The Morgan fingerprint density at radius 2 is 2.21 bits per heavy atom. The van der Waals surface area contributed by atoms with Crippen LogP contribution in [0.1, 0.15) is 26.2 Å². The van der Waals surface area contributed by atoms with Crippen LogP contribution in [0.5, 0.6) is 0 Å². The Balaban J connectivity index is 2.16. The lowest BCUT2D eigenvalue weighted by atomic mass is 10.1. The summed E-state index contributed by atoms with van der Waals surface area (Å²) in [6.07, 6.45) is 8.04. The number of rotatable bonds is 3. The van der Waals surface area contributed by atoms with Gasteiger partial charge in [-0.2, -0.15) is 0 Å². The van der Waals surface area contributed by atoms with Crippen LogP contribution in [0.2, 0.25) is 0 Å². The maximum atomic E-state index is 11.0. The van der Waals surface area contributed by atoms with Gasteiger partial charge in [0, 0.05) is 39.0 Å². The van der Waals surface area contributed by atoms with Crippen molar-refractivity contribution in [3.63, 3.8) is 0 Å². The molecule has 1 saturated heterocycles. The van der Waals surface area contributed by atoms with Gasteiger partial charge in [-0.15, -0.1) is 12.3 Å². The van der Waals surface area contributed by atoms with E-state index in [-0.39, 0.29) is 5.91 Å². The molecule has 0 saturated carbocycles. The minimum Gasteiger partial charge on any atom is -0.343 e. The molecule has 0 spiro atoms. The van der Waals surface area contributed by atoms with Gasteiger partial charge in [0.15, 0.2) is 0 Å². The number of terminal acetylenes is 1. The zero-order valence-corrected chi connectivity index (χ0v) is 8.75. The third-order valence-corrected chi connectivity index (χ3v) is 2.64. The fourth-order valence-corrected chi connectivity index (χ4v) is 1.75. The van der Waals surface area contributed by atoms with E-state index in [4.69, 9.17) is 6.42 Å². The predicted octanol–water partition coefficient (Wildman–Crippen LogP) is 0.610. The van der Waals surface area contributed by atoms with Gasteiger partial charge < -0.3 is 10.2 Å². The molecule has 1 N–H and O–H groups in total. The Labute approximate surface area is 85.9 Å². The van der Waals surface area contributed by atoms with Crippen LogP contribution in [0.3, 0.4) is 0 Å². The van der Waals surface area contributed by atoms with Gasteiger partial charge >= 0.3 is 0 Å². The van der Waals surface area contributed by atoms with Crippen molar-refractivity contribution < 1.29 is 4.79 Å². The van der Waals surface area contributed by atoms with E-state index in [0.717, 1.165) is 38.9 Å². The Kier molecular flexibility index (Phi) is 4.48. The molecule has 3 nitrogen and oxygen atoms in total. The molecule has 1 heterocycles. The summed E-state index contributed by atoms with van der Waals surface area (Å²) in [6, 6.07) is 0.541. The van der Waals surface area contributed by atoms with E-state index >= 15 is 0 Å². The van der Waals surface area contributed by atoms with E-state index in [0.29, 0.717) is 6.04 Å². The Morgan fingerprint density at radius 3 is 2.71 bits per heavy atom. The predicted molar refractivity (Wildman–Crippen MR) is 56.7 cm³/mol. The van der Waals surface area contributed by atoms with Gasteiger partial charge in [0.1, 0.15) is 0 Å². The second kappa shape index (κ2) is 5.66. The minimum absolute atomic E-state index is 0.187. The first-order valence-corrected chi connectivity index (χ1v) is 5.16. The lowest BCUT2D eigenvalue weighted by molar-refractivity contribution is -0.129. The van der Waals surface area contributed by atoms with Crippen molar-refractivity contribution in [1.82, 2.24) is 10.2 Å². The lowest BCUT2D eigenvalue weighted by Gasteiger charge is -2.31. The minimum atomic E-state index is 0.187. The normalized spacial score (nSPS) is 17.9. The van der Waals surface area contributed by atoms with E-state index in [1.165, 1.54) is 0 Å². The third-order valence-electron chi connectivity index (χ3n) is 2.64. The molecule has 0 aromatic rings. The second-order valence-corrected chi connectivity index (χ2v) is 3.69. The molecule has 1 fully saturated rings. The molecular weight excluding hydrogens is 176 g/mol. The van der Waals surface area contributed by atoms with Gasteiger partial charge in [-0.1, -0.05) is 0 Å². The topological polar surface area (TPSA) is 32.3 Å². The van der Waals surface area contributed by atoms with Gasteiger partial charge in [-0.3, -0.25) is 4.79 Å². The summed E-state index contributed by atoms with van der Waals surface area (Å²) in [6.45, 7) is 4.28. The number of hydrogen-bond donors (Lipinski definition) is 1. The number of carbonyl (C=O) groups is 1. The number of nitrogens with zero attached hydrogens (tertiary/aromatic N) is 1. The Hall–Kier alpha value is -1.01. The van der Waals surface area contributed by atoms with Crippen molar-refractivity contribution in [3.8, 4) is 12.3 Å². The highest BCUT2D eigenvalue weighted by Gasteiger charge is 2.19. The van der Waals surface area contributed by atoms with Crippen LogP contribution in [0.4, 0.5) is 0 Å². The molecule has 0 unspecified atom stereocenters. The van der Waals surface area contributed by atoms with Crippen LogP contribution >= 0.6 is 0 Å². The molecule has 0 aromatic carbocycles. The van der Waals surface area contributed by atoms with Crippen molar-refractivity contribution in [2.45, 2.75) is 32.2 Å². The van der Waals surface area contributed by atoms with E-state index in [2.05, 4.69) is 11.2 Å². The summed E-state index contributed by atoms with van der Waals surface area (Å²) in [7, 11) is 0. The molecular formula is C11H18N2O. The van der Waals surface area contributed by atoms with Crippen molar-refractivity contribution in [1.29, 1.82) is 0 Å². The first-order chi connectivity index (χ1) is 6.74. The van der Waals surface area contributed by atoms with Gasteiger partial charge in [-0.25, -0.2) is 0 Å². The number of amides is 1. The summed E-state index contributed by atoms with van der Waals surface area (Å²) in [5.41, 5.74) is 0. The number of nitrogens with one attached hydrogen (secondary N) is 1. The number of hydrogen-bond acceptors (Lipinski definition) is 2. The lowest BCUT2D eigenvalue weighted by Crippen LogP contribution is -2.44. The van der Waals surface area contributed by atoms with E-state index < -0.39 is 0 Å². The van der Waals surface area contributed by atoms with Gasteiger partial charge in [-0.05, 0) is 12.8 Å². The third kappa shape index (κ3) is 3.39. The fraction of sp³-hybridized carbons (Fsp3) is 0.727. The van der Waals surface area contributed by atoms with Crippen molar-refractivity contribution >= 4 is 5.91 Å². The van der Waals surface area contributed by atoms with Gasteiger partial charge in [0.25, 0.3) is 0 Å². The number of piperidine rings is 1. The SMILES string of the molecule is C#CCCNC1CCN(C(C)=O)CC1. The molecule has 1 aliphatic rings. The zero-order valence-electron chi connectivity index (χ0n) is 8.75. The zero-order chi connectivity index (χ0) is 10.4. The number of carbonyl (C=O) groups excluding carboxylic acids is 1. The molecule has 14 heavy (non-hydrogen) atoms. The molecule has 1 amide bonds. The fourth-order valence-electron chi connectivity index (χ4n) is 1.75. The molecule has 3 heteroatoms. The highest BCUT2D eigenvalue weighted by Crippen LogP contribution is 2.09. The highest BCUT2D eigenvalue weighted by molar-refractivity contribution is 5.73. The molecule has 1 aliphatic heterocycles. The quantitative estimate of drug-likeness (QED) is 0.527. The summed E-state index contributed by atoms with van der Waals surface area (Å²) >= 11 is 0. The van der Waals surface area contributed by atoms with Gasteiger partial charge in [0.2, 0.25) is 5.91 Å². The maximum Gasteiger partial charge on any atom is 0.219 e. The smallest absolute Gasteiger partial charge is 0.219 e. The summed E-state index contributed by atoms with van der Waals surface area (Å²) in [5, 5.41) is 3.40. The van der Waals surface area contributed by atoms with Crippen molar-refractivity contribution in [2.75, 3.05) is 19.6 Å². The van der Waals surface area contributed by atoms with E-state index in [9.17, 15) is 4.79 Å². The van der Waals surface area contributed by atoms with Crippen LogP contribution in [-0.4, -0.2) is 36.5 Å². The number of likely N-dealkylation sites (tertiary alicyclic amines) is 1. The molecule has 0 aromatic heterocycles. The standard InChI is InChI=1S/C11H18N2O/c1-3-4-7-12-11-5-8-13(9-6-11)10(2)14/h1,11-12H,4-9H2,2H3. The monoisotopic (exact) mass is 194 g/mol. The largest absolute Gasteiger partial charge is 0.343 e. The van der Waals surface area contributed by atoms with Crippen molar-refractivity contribution in [2.24, 2.45) is 0 Å². The summed E-state index contributed by atoms with van der Waals surface area (Å²) in [4.78, 5) is 12.9. The van der Waals surface area contributed by atoms with Crippen LogP contribution in [0, 0.1) is 12.3 Å². The highest BCUT2D eigenvalue weighted by atomic mass is 16.2. The molecule has 0 bridgehead atoms. The average molecular weight is 194 g/mol. The first kappa shape index (κ1) is 11.1. The van der Waals surface area contributed by atoms with E-state index in [1.807, 2.05) is 4.90 Å². The van der Waals surface area contributed by atoms with Crippen LogP contribution < -0.4 is 5.32 Å². The molecule has 0 aliphatic carbocycles.